The molecule has 0 radical (unpaired) electrons. The molecule has 1 rings (SSSR count). The summed E-state index contributed by atoms with van der Waals surface area (Å²) in [5.41, 5.74) is 1.40. The highest BCUT2D eigenvalue weighted by atomic mass is 16.7. The van der Waals surface area contributed by atoms with Gasteiger partial charge >= 0.3 is 0 Å². The first kappa shape index (κ1) is 9.67. The van der Waals surface area contributed by atoms with Crippen LogP contribution in [0.3, 0.4) is 0 Å². The van der Waals surface area contributed by atoms with Gasteiger partial charge in [-0.2, -0.15) is 0 Å². The lowest BCUT2D eigenvalue weighted by molar-refractivity contribution is -0.0757. The number of rotatable bonds is 2. The van der Waals surface area contributed by atoms with Crippen LogP contribution in [-0.4, -0.2) is 30.1 Å². The smallest absolute Gasteiger partial charge is 0.274 e. The molecule has 1 aromatic rings. The van der Waals surface area contributed by atoms with E-state index >= 15 is 0 Å². The van der Waals surface area contributed by atoms with Crippen molar-refractivity contribution in [2.24, 2.45) is 0 Å². The van der Waals surface area contributed by atoms with Crippen LogP contribution in [-0.2, 0) is 4.84 Å². The number of carbonyl (C=O) groups is 1. The molecule has 1 heterocycles. The molecule has 0 aromatic carbocycles. The number of hydrogen-bond donors (Lipinski definition) is 0. The molecule has 13 heavy (non-hydrogen) atoms. The molecular formula is C9H12N2O2. The quantitative estimate of drug-likeness (QED) is 0.638. The van der Waals surface area contributed by atoms with Crippen LogP contribution in [0.25, 0.3) is 0 Å². The van der Waals surface area contributed by atoms with Crippen molar-refractivity contribution in [2.75, 3.05) is 14.2 Å². The second-order valence-corrected chi connectivity index (χ2v) is 2.67. The number of aromatic nitrogens is 1. The van der Waals surface area contributed by atoms with E-state index in [0.717, 1.165) is 5.69 Å². The zero-order valence-corrected chi connectivity index (χ0v) is 7.94. The Bertz CT molecular complexity index is 312. The standard InChI is InChI=1S/C9H12N2O2/c1-7-6-8(4-5-10-7)9(12)11(2)13-3/h4-6H,1-3H3. The predicted octanol–water partition coefficient (Wildman–Crippen LogP) is 1.02. The molecule has 1 aromatic heterocycles. The molecular weight excluding hydrogens is 168 g/mol. The Morgan fingerprint density at radius 2 is 2.31 bits per heavy atom. The number of hydrogen-bond acceptors (Lipinski definition) is 3. The van der Waals surface area contributed by atoms with Gasteiger partial charge in [-0.15, -0.1) is 0 Å². The highest BCUT2D eigenvalue weighted by Gasteiger charge is 2.10. The average molecular weight is 180 g/mol. The van der Waals surface area contributed by atoms with Crippen molar-refractivity contribution in [1.29, 1.82) is 0 Å². The summed E-state index contributed by atoms with van der Waals surface area (Å²) >= 11 is 0. The van der Waals surface area contributed by atoms with Crippen LogP contribution in [0.1, 0.15) is 16.1 Å². The van der Waals surface area contributed by atoms with Gasteiger partial charge in [-0.25, -0.2) is 5.06 Å². The minimum absolute atomic E-state index is 0.173. The van der Waals surface area contributed by atoms with Gasteiger partial charge in [0, 0.05) is 24.5 Å². The summed E-state index contributed by atoms with van der Waals surface area (Å²) in [6.45, 7) is 1.84. The Balaban J connectivity index is 2.89. The predicted molar refractivity (Wildman–Crippen MR) is 48.1 cm³/mol. The second-order valence-electron chi connectivity index (χ2n) is 2.67. The largest absolute Gasteiger partial charge is 0.277 e. The molecule has 0 fully saturated rings. The number of nitrogens with zero attached hydrogens (tertiary/aromatic N) is 2. The van der Waals surface area contributed by atoms with E-state index in [4.69, 9.17) is 4.84 Å². The van der Waals surface area contributed by atoms with Crippen molar-refractivity contribution < 1.29 is 9.63 Å². The molecule has 0 N–H and O–H groups in total. The van der Waals surface area contributed by atoms with Gasteiger partial charge in [0.05, 0.1) is 7.11 Å². The first-order valence-electron chi connectivity index (χ1n) is 3.90. The molecule has 0 bridgehead atoms. The van der Waals surface area contributed by atoms with Crippen molar-refractivity contribution in [3.05, 3.63) is 29.6 Å². The fourth-order valence-electron chi connectivity index (χ4n) is 0.943. The summed E-state index contributed by atoms with van der Waals surface area (Å²) < 4.78 is 0. The Morgan fingerprint density at radius 1 is 1.62 bits per heavy atom. The topological polar surface area (TPSA) is 42.4 Å². The molecule has 0 aliphatic carbocycles. The normalized spacial score (nSPS) is 9.77. The fourth-order valence-corrected chi connectivity index (χ4v) is 0.943. The van der Waals surface area contributed by atoms with Crippen molar-refractivity contribution >= 4 is 5.91 Å². The first-order valence-corrected chi connectivity index (χ1v) is 3.90. The maximum atomic E-state index is 11.5. The number of hydroxylamine groups is 2. The van der Waals surface area contributed by atoms with Gasteiger partial charge in [-0.05, 0) is 19.1 Å². The van der Waals surface area contributed by atoms with Crippen LogP contribution in [0, 0.1) is 6.92 Å². The molecule has 0 saturated heterocycles. The maximum absolute atomic E-state index is 11.5. The van der Waals surface area contributed by atoms with E-state index in [1.807, 2.05) is 6.92 Å². The minimum Gasteiger partial charge on any atom is -0.274 e. The van der Waals surface area contributed by atoms with E-state index in [2.05, 4.69) is 4.98 Å². The number of pyridine rings is 1. The third kappa shape index (κ3) is 2.26. The van der Waals surface area contributed by atoms with Gasteiger partial charge < -0.3 is 0 Å². The van der Waals surface area contributed by atoms with E-state index < -0.39 is 0 Å². The Hall–Kier alpha value is -1.42. The Morgan fingerprint density at radius 3 is 2.85 bits per heavy atom. The van der Waals surface area contributed by atoms with E-state index in [1.165, 1.54) is 12.2 Å². The summed E-state index contributed by atoms with van der Waals surface area (Å²) in [6, 6.07) is 3.38. The molecule has 70 valence electrons. The van der Waals surface area contributed by atoms with Crippen LogP contribution in [0.2, 0.25) is 0 Å². The van der Waals surface area contributed by atoms with E-state index in [1.54, 1.807) is 25.4 Å². The molecule has 0 saturated carbocycles. The summed E-state index contributed by atoms with van der Waals surface area (Å²) in [6.07, 6.45) is 1.60. The van der Waals surface area contributed by atoms with E-state index in [9.17, 15) is 4.79 Å². The number of aryl methyl sites for hydroxylation is 1. The van der Waals surface area contributed by atoms with Gasteiger partial charge in [-0.3, -0.25) is 14.6 Å². The molecule has 0 spiro atoms. The van der Waals surface area contributed by atoms with Crippen LogP contribution in [0.15, 0.2) is 18.3 Å². The van der Waals surface area contributed by atoms with Crippen molar-refractivity contribution in [2.45, 2.75) is 6.92 Å². The lowest BCUT2D eigenvalue weighted by Gasteiger charge is -2.13. The summed E-state index contributed by atoms with van der Waals surface area (Å²) in [7, 11) is 3.02. The highest BCUT2D eigenvalue weighted by Crippen LogP contribution is 2.03. The van der Waals surface area contributed by atoms with Crippen LogP contribution in [0.5, 0.6) is 0 Å². The van der Waals surface area contributed by atoms with Crippen molar-refractivity contribution in [3.63, 3.8) is 0 Å². The van der Waals surface area contributed by atoms with Crippen molar-refractivity contribution in [3.8, 4) is 0 Å². The summed E-state index contributed by atoms with van der Waals surface area (Å²) in [4.78, 5) is 20.3. The highest BCUT2D eigenvalue weighted by molar-refractivity contribution is 5.93. The van der Waals surface area contributed by atoms with Gasteiger partial charge in [0.1, 0.15) is 0 Å². The first-order chi connectivity index (χ1) is 6.15. The summed E-state index contributed by atoms with van der Waals surface area (Å²) in [5, 5.41) is 1.18. The number of amides is 1. The SMILES string of the molecule is CON(C)C(=O)c1ccnc(C)c1. The molecule has 0 aliphatic heterocycles. The van der Waals surface area contributed by atoms with Crippen LogP contribution < -0.4 is 0 Å². The maximum Gasteiger partial charge on any atom is 0.277 e. The molecule has 0 aliphatic rings. The Labute approximate surface area is 77.1 Å². The monoisotopic (exact) mass is 180 g/mol. The summed E-state index contributed by atoms with van der Waals surface area (Å²) in [5.74, 6) is -0.173. The fraction of sp³-hybridized carbons (Fsp3) is 0.333. The van der Waals surface area contributed by atoms with Gasteiger partial charge in [0.15, 0.2) is 0 Å². The second kappa shape index (κ2) is 4.00. The third-order valence-corrected chi connectivity index (χ3v) is 1.70. The molecule has 4 heteroatoms. The van der Waals surface area contributed by atoms with E-state index in [0.29, 0.717) is 5.56 Å². The van der Waals surface area contributed by atoms with Gasteiger partial charge in [-0.1, -0.05) is 0 Å². The Kier molecular flexibility index (Phi) is 2.97. The molecule has 4 nitrogen and oxygen atoms in total. The number of carbonyl (C=O) groups excluding carboxylic acids is 1. The van der Waals surface area contributed by atoms with Crippen LogP contribution in [0.4, 0.5) is 0 Å². The molecule has 0 unspecified atom stereocenters. The lowest BCUT2D eigenvalue weighted by atomic mass is 10.2. The van der Waals surface area contributed by atoms with Crippen molar-refractivity contribution in [1.82, 2.24) is 10.0 Å². The van der Waals surface area contributed by atoms with E-state index in [-0.39, 0.29) is 5.91 Å². The molecule has 0 atom stereocenters. The zero-order chi connectivity index (χ0) is 9.84. The van der Waals surface area contributed by atoms with Gasteiger partial charge in [0.2, 0.25) is 0 Å². The third-order valence-electron chi connectivity index (χ3n) is 1.70. The average Bonchev–Trinajstić information content (AvgIpc) is 2.15. The minimum atomic E-state index is -0.173. The van der Waals surface area contributed by atoms with Gasteiger partial charge in [0.25, 0.3) is 5.91 Å². The molecule has 1 amide bonds. The zero-order valence-electron chi connectivity index (χ0n) is 7.94. The lowest BCUT2D eigenvalue weighted by Crippen LogP contribution is -2.25. The van der Waals surface area contributed by atoms with Crippen LogP contribution >= 0.6 is 0 Å².